The van der Waals surface area contributed by atoms with Crippen LogP contribution in [-0.4, -0.2) is 16.9 Å². The summed E-state index contributed by atoms with van der Waals surface area (Å²) < 4.78 is 0. The number of nitrogens with one attached hydrogen (secondary N) is 1. The molecule has 3 N–H and O–H groups in total. The van der Waals surface area contributed by atoms with Crippen LogP contribution < -0.4 is 11.1 Å². The highest BCUT2D eigenvalue weighted by atomic mass is 35.5. The van der Waals surface area contributed by atoms with Crippen LogP contribution in [0, 0.1) is 6.92 Å². The third-order valence-electron chi connectivity index (χ3n) is 2.20. The molecule has 16 heavy (non-hydrogen) atoms. The molecule has 4 nitrogen and oxygen atoms in total. The highest BCUT2D eigenvalue weighted by molar-refractivity contribution is 6.32. The third-order valence-corrected chi connectivity index (χ3v) is 2.49. The van der Waals surface area contributed by atoms with Crippen LogP contribution in [0.1, 0.15) is 25.3 Å². The average molecular weight is 242 g/mol. The van der Waals surface area contributed by atoms with Crippen molar-refractivity contribution in [2.24, 2.45) is 5.73 Å². The summed E-state index contributed by atoms with van der Waals surface area (Å²) in [5, 5.41) is 3.06. The van der Waals surface area contributed by atoms with Crippen molar-refractivity contribution in [3.05, 3.63) is 23.0 Å². The van der Waals surface area contributed by atoms with Gasteiger partial charge in [-0.3, -0.25) is 4.79 Å². The van der Waals surface area contributed by atoms with Gasteiger partial charge in [0.15, 0.2) is 5.15 Å². The highest BCUT2D eigenvalue weighted by Gasteiger charge is 2.09. The van der Waals surface area contributed by atoms with E-state index in [0.29, 0.717) is 23.7 Å². The molecule has 1 heterocycles. The van der Waals surface area contributed by atoms with Gasteiger partial charge in [-0.1, -0.05) is 11.6 Å². The molecule has 88 valence electrons. The predicted octanol–water partition coefficient (Wildman–Crippen LogP) is 2.11. The SMILES string of the molecule is Cc1ccnc(Cl)c1NC(=O)CCC(C)N. The van der Waals surface area contributed by atoms with Gasteiger partial charge in [0.2, 0.25) is 5.91 Å². The van der Waals surface area contributed by atoms with Crippen molar-refractivity contribution >= 4 is 23.2 Å². The van der Waals surface area contributed by atoms with E-state index < -0.39 is 0 Å². The first-order valence-corrected chi connectivity index (χ1v) is 5.55. The molecule has 1 aromatic heterocycles. The standard InChI is InChI=1S/C11H16ClN3O/c1-7-5-6-14-11(12)10(7)15-9(16)4-3-8(2)13/h5-6,8H,3-4,13H2,1-2H3,(H,15,16). The number of rotatable bonds is 4. The third kappa shape index (κ3) is 3.79. The van der Waals surface area contributed by atoms with Gasteiger partial charge in [0.25, 0.3) is 0 Å². The second kappa shape index (κ2) is 5.82. The monoisotopic (exact) mass is 241 g/mol. The zero-order valence-corrected chi connectivity index (χ0v) is 10.2. The minimum atomic E-state index is -0.0877. The van der Waals surface area contributed by atoms with E-state index in [1.807, 2.05) is 13.8 Å². The lowest BCUT2D eigenvalue weighted by Crippen LogP contribution is -2.20. The summed E-state index contributed by atoms with van der Waals surface area (Å²) in [6.45, 7) is 3.74. The van der Waals surface area contributed by atoms with Crippen molar-refractivity contribution in [2.45, 2.75) is 32.7 Å². The van der Waals surface area contributed by atoms with Gasteiger partial charge < -0.3 is 11.1 Å². The minimum Gasteiger partial charge on any atom is -0.328 e. The van der Waals surface area contributed by atoms with Gasteiger partial charge in [0, 0.05) is 18.7 Å². The predicted molar refractivity (Wildman–Crippen MR) is 65.5 cm³/mol. The Balaban J connectivity index is 2.63. The average Bonchev–Trinajstić information content (AvgIpc) is 2.21. The van der Waals surface area contributed by atoms with Gasteiger partial charge in [-0.25, -0.2) is 4.98 Å². The van der Waals surface area contributed by atoms with Crippen LogP contribution in [0.3, 0.4) is 0 Å². The number of hydrogen-bond donors (Lipinski definition) is 2. The number of hydrogen-bond acceptors (Lipinski definition) is 3. The fraction of sp³-hybridized carbons (Fsp3) is 0.455. The van der Waals surface area contributed by atoms with Crippen LogP contribution in [0.4, 0.5) is 5.69 Å². The van der Waals surface area contributed by atoms with Crippen molar-refractivity contribution in [3.63, 3.8) is 0 Å². The first kappa shape index (κ1) is 12.9. The molecular weight excluding hydrogens is 226 g/mol. The van der Waals surface area contributed by atoms with E-state index in [1.165, 1.54) is 0 Å². The highest BCUT2D eigenvalue weighted by Crippen LogP contribution is 2.22. The molecule has 0 radical (unpaired) electrons. The number of halogens is 1. The van der Waals surface area contributed by atoms with Crippen molar-refractivity contribution in [3.8, 4) is 0 Å². The van der Waals surface area contributed by atoms with Crippen molar-refractivity contribution in [1.82, 2.24) is 4.98 Å². The summed E-state index contributed by atoms with van der Waals surface area (Å²) in [5.41, 5.74) is 7.06. The number of carbonyl (C=O) groups is 1. The van der Waals surface area contributed by atoms with E-state index in [2.05, 4.69) is 10.3 Å². The second-order valence-corrected chi connectivity index (χ2v) is 4.22. The maximum Gasteiger partial charge on any atom is 0.224 e. The van der Waals surface area contributed by atoms with Gasteiger partial charge in [-0.05, 0) is 31.9 Å². The minimum absolute atomic E-state index is 0.0243. The molecule has 0 saturated heterocycles. The van der Waals surface area contributed by atoms with E-state index in [-0.39, 0.29) is 11.9 Å². The Bertz CT molecular complexity index is 359. The number of anilines is 1. The lowest BCUT2D eigenvalue weighted by molar-refractivity contribution is -0.116. The Morgan fingerprint density at radius 1 is 1.69 bits per heavy atom. The molecular formula is C11H16ClN3O. The van der Waals surface area contributed by atoms with Crippen LogP contribution in [0.5, 0.6) is 0 Å². The molecule has 0 aromatic carbocycles. The topological polar surface area (TPSA) is 68.0 Å². The first-order valence-electron chi connectivity index (χ1n) is 5.17. The van der Waals surface area contributed by atoms with Crippen LogP contribution in [0.15, 0.2) is 12.3 Å². The van der Waals surface area contributed by atoms with Gasteiger partial charge in [-0.2, -0.15) is 0 Å². The largest absolute Gasteiger partial charge is 0.328 e. The Hall–Kier alpha value is -1.13. The van der Waals surface area contributed by atoms with Crippen LogP contribution in [0.2, 0.25) is 5.15 Å². The molecule has 0 aliphatic heterocycles. The van der Waals surface area contributed by atoms with Gasteiger partial charge in [-0.15, -0.1) is 0 Å². The molecule has 1 aromatic rings. The summed E-state index contributed by atoms with van der Waals surface area (Å²) in [6, 6.07) is 1.82. The number of amides is 1. The van der Waals surface area contributed by atoms with E-state index in [1.54, 1.807) is 12.3 Å². The van der Waals surface area contributed by atoms with Gasteiger partial charge in [0.1, 0.15) is 0 Å². The number of carbonyl (C=O) groups excluding carboxylic acids is 1. The maximum absolute atomic E-state index is 11.6. The lowest BCUT2D eigenvalue weighted by atomic mass is 10.2. The number of pyridine rings is 1. The molecule has 0 aliphatic rings. The molecule has 0 fully saturated rings. The summed E-state index contributed by atoms with van der Waals surface area (Å²) in [5.74, 6) is -0.0877. The maximum atomic E-state index is 11.6. The number of nitrogens with zero attached hydrogens (tertiary/aromatic N) is 1. The van der Waals surface area contributed by atoms with E-state index in [9.17, 15) is 4.79 Å². The van der Waals surface area contributed by atoms with Crippen molar-refractivity contribution < 1.29 is 4.79 Å². The van der Waals surface area contributed by atoms with E-state index >= 15 is 0 Å². The van der Waals surface area contributed by atoms with Gasteiger partial charge >= 0.3 is 0 Å². The van der Waals surface area contributed by atoms with E-state index in [0.717, 1.165) is 5.56 Å². The van der Waals surface area contributed by atoms with Crippen LogP contribution in [-0.2, 0) is 4.79 Å². The molecule has 1 atom stereocenters. The Morgan fingerprint density at radius 3 is 2.94 bits per heavy atom. The molecule has 1 rings (SSSR count). The molecule has 1 unspecified atom stereocenters. The molecule has 0 bridgehead atoms. The molecule has 5 heteroatoms. The second-order valence-electron chi connectivity index (χ2n) is 3.86. The molecule has 0 aliphatic carbocycles. The zero-order chi connectivity index (χ0) is 12.1. The van der Waals surface area contributed by atoms with Crippen LogP contribution >= 0.6 is 11.6 Å². The normalized spacial score (nSPS) is 12.2. The summed E-state index contributed by atoms with van der Waals surface area (Å²) in [7, 11) is 0. The quantitative estimate of drug-likeness (QED) is 0.794. The Morgan fingerprint density at radius 2 is 2.38 bits per heavy atom. The summed E-state index contributed by atoms with van der Waals surface area (Å²) in [4.78, 5) is 15.5. The lowest BCUT2D eigenvalue weighted by Gasteiger charge is -2.10. The fourth-order valence-electron chi connectivity index (χ4n) is 1.24. The number of aromatic nitrogens is 1. The molecule has 0 spiro atoms. The number of nitrogens with two attached hydrogens (primary N) is 1. The smallest absolute Gasteiger partial charge is 0.224 e. The number of aryl methyl sites for hydroxylation is 1. The summed E-state index contributed by atoms with van der Waals surface area (Å²) in [6.07, 6.45) is 2.65. The van der Waals surface area contributed by atoms with Crippen molar-refractivity contribution in [1.29, 1.82) is 0 Å². The summed E-state index contributed by atoms with van der Waals surface area (Å²) >= 11 is 5.89. The molecule has 1 amide bonds. The Kier molecular flexibility index (Phi) is 4.71. The van der Waals surface area contributed by atoms with E-state index in [4.69, 9.17) is 17.3 Å². The zero-order valence-electron chi connectivity index (χ0n) is 9.46. The first-order chi connectivity index (χ1) is 7.50. The molecule has 0 saturated carbocycles. The van der Waals surface area contributed by atoms with Crippen LogP contribution in [0.25, 0.3) is 0 Å². The van der Waals surface area contributed by atoms with Gasteiger partial charge in [0.05, 0.1) is 5.69 Å². The fourth-order valence-corrected chi connectivity index (χ4v) is 1.49. The van der Waals surface area contributed by atoms with Crippen molar-refractivity contribution in [2.75, 3.05) is 5.32 Å². The Labute approximate surface area is 100 Å².